The first-order valence-electron chi connectivity index (χ1n) is 7.45. The Morgan fingerprint density at radius 3 is 2.33 bits per heavy atom. The van der Waals surface area contributed by atoms with Crippen LogP contribution >= 0.6 is 15.9 Å². The highest BCUT2D eigenvalue weighted by molar-refractivity contribution is 9.10. The summed E-state index contributed by atoms with van der Waals surface area (Å²) in [5, 5.41) is 10.0. The summed E-state index contributed by atoms with van der Waals surface area (Å²) in [5.41, 5.74) is 0.537. The fourth-order valence-electron chi connectivity index (χ4n) is 2.13. The van der Waals surface area contributed by atoms with Crippen molar-refractivity contribution in [3.8, 4) is 11.3 Å². The average molecular weight is 394 g/mol. The van der Waals surface area contributed by atoms with Gasteiger partial charge in [-0.1, -0.05) is 28.1 Å². The molecular formula is C18H20BrNO4. The van der Waals surface area contributed by atoms with Crippen LogP contribution in [-0.4, -0.2) is 21.7 Å². The van der Waals surface area contributed by atoms with E-state index in [9.17, 15) is 9.90 Å². The van der Waals surface area contributed by atoms with Gasteiger partial charge < -0.3 is 14.3 Å². The van der Waals surface area contributed by atoms with E-state index in [0.717, 1.165) is 10.0 Å². The van der Waals surface area contributed by atoms with Gasteiger partial charge >= 0.3 is 5.97 Å². The summed E-state index contributed by atoms with van der Waals surface area (Å²) < 4.78 is 11.9. The molecule has 0 aliphatic carbocycles. The number of rotatable bonds is 3. The highest BCUT2D eigenvalue weighted by atomic mass is 79.9. The summed E-state index contributed by atoms with van der Waals surface area (Å²) in [6, 6.07) is 7.44. The Morgan fingerprint density at radius 1 is 1.25 bits per heavy atom. The number of aliphatic hydroxyl groups excluding tert-OH is 1. The number of benzene rings is 1. The van der Waals surface area contributed by atoms with Crippen molar-refractivity contribution >= 4 is 27.5 Å². The first-order valence-corrected chi connectivity index (χ1v) is 8.24. The minimum absolute atomic E-state index is 0.0246. The smallest absolute Gasteiger partial charge is 0.346 e. The normalized spacial score (nSPS) is 12.8. The second-order valence-electron chi connectivity index (χ2n) is 6.38. The largest absolute Gasteiger partial charge is 0.512 e. The molecule has 0 amide bonds. The second kappa shape index (κ2) is 6.81. The number of halogens is 1. The quantitative estimate of drug-likeness (QED) is 0.448. The number of ether oxygens (including phenoxy) is 1. The number of oxazole rings is 1. The van der Waals surface area contributed by atoms with Crippen LogP contribution in [0, 0.1) is 6.92 Å². The number of hydrogen-bond acceptors (Lipinski definition) is 5. The van der Waals surface area contributed by atoms with E-state index in [1.807, 2.05) is 24.3 Å². The van der Waals surface area contributed by atoms with Gasteiger partial charge in [-0.2, -0.15) is 0 Å². The number of carbonyl (C=O) groups excluding carboxylic acids is 1. The molecule has 0 aliphatic rings. The SMILES string of the molecule is C/C(O)=C(/C(=O)OC(C)(C)C)c1oc(C)nc1-c1ccc(Br)cc1. The van der Waals surface area contributed by atoms with Crippen molar-refractivity contribution in [2.45, 2.75) is 40.2 Å². The van der Waals surface area contributed by atoms with E-state index in [2.05, 4.69) is 20.9 Å². The lowest BCUT2D eigenvalue weighted by Gasteiger charge is -2.20. The molecule has 0 saturated carbocycles. The Hall–Kier alpha value is -2.08. The molecule has 2 rings (SSSR count). The molecule has 1 aromatic carbocycles. The molecule has 0 fully saturated rings. The van der Waals surface area contributed by atoms with Gasteiger partial charge in [-0.25, -0.2) is 9.78 Å². The van der Waals surface area contributed by atoms with Crippen LogP contribution in [0.2, 0.25) is 0 Å². The third-order valence-electron chi connectivity index (χ3n) is 3.04. The maximum Gasteiger partial charge on any atom is 0.346 e. The molecule has 24 heavy (non-hydrogen) atoms. The molecule has 0 bridgehead atoms. The molecule has 0 radical (unpaired) electrons. The van der Waals surface area contributed by atoms with E-state index in [0.29, 0.717) is 11.6 Å². The van der Waals surface area contributed by atoms with Crippen molar-refractivity contribution in [3.05, 3.63) is 46.1 Å². The lowest BCUT2D eigenvalue weighted by Crippen LogP contribution is -2.25. The summed E-state index contributed by atoms with van der Waals surface area (Å²) in [6.07, 6.45) is 0. The Labute approximate surface area is 149 Å². The van der Waals surface area contributed by atoms with Gasteiger partial charge in [0.05, 0.1) is 0 Å². The number of nitrogens with zero attached hydrogens (tertiary/aromatic N) is 1. The third-order valence-corrected chi connectivity index (χ3v) is 3.57. The first-order chi connectivity index (χ1) is 11.1. The van der Waals surface area contributed by atoms with Crippen LogP contribution in [0.25, 0.3) is 16.8 Å². The minimum atomic E-state index is -0.690. The lowest BCUT2D eigenvalue weighted by molar-refractivity contribution is -0.147. The van der Waals surface area contributed by atoms with E-state index in [1.165, 1.54) is 6.92 Å². The number of aromatic nitrogens is 1. The van der Waals surface area contributed by atoms with Gasteiger partial charge in [0.1, 0.15) is 22.6 Å². The highest BCUT2D eigenvalue weighted by Crippen LogP contribution is 2.33. The summed E-state index contributed by atoms with van der Waals surface area (Å²) in [5.74, 6) is -0.245. The van der Waals surface area contributed by atoms with Gasteiger partial charge in [0, 0.05) is 17.0 Å². The first kappa shape index (κ1) is 18.3. The number of hydrogen-bond donors (Lipinski definition) is 1. The van der Waals surface area contributed by atoms with Gasteiger partial charge in [0.2, 0.25) is 0 Å². The Morgan fingerprint density at radius 2 is 1.83 bits per heavy atom. The van der Waals surface area contributed by atoms with Crippen molar-refractivity contribution in [2.24, 2.45) is 0 Å². The summed E-state index contributed by atoms with van der Waals surface area (Å²) >= 11 is 3.38. The van der Waals surface area contributed by atoms with Crippen LogP contribution in [-0.2, 0) is 9.53 Å². The van der Waals surface area contributed by atoms with Crippen molar-refractivity contribution in [1.29, 1.82) is 0 Å². The van der Waals surface area contributed by atoms with E-state index in [1.54, 1.807) is 27.7 Å². The lowest BCUT2D eigenvalue weighted by atomic mass is 10.0. The highest BCUT2D eigenvalue weighted by Gasteiger charge is 2.29. The molecule has 0 spiro atoms. The molecule has 0 saturated heterocycles. The number of aryl methyl sites for hydroxylation is 1. The van der Waals surface area contributed by atoms with Gasteiger partial charge in [0.25, 0.3) is 0 Å². The van der Waals surface area contributed by atoms with Crippen LogP contribution in [0.15, 0.2) is 38.9 Å². The number of aliphatic hydroxyl groups is 1. The molecule has 0 atom stereocenters. The Kier molecular flexibility index (Phi) is 5.18. The van der Waals surface area contributed by atoms with Crippen molar-refractivity contribution < 1.29 is 19.1 Å². The maximum atomic E-state index is 12.5. The van der Waals surface area contributed by atoms with Crippen LogP contribution < -0.4 is 0 Å². The van der Waals surface area contributed by atoms with Crippen LogP contribution in [0.3, 0.4) is 0 Å². The maximum absolute atomic E-state index is 12.5. The predicted molar refractivity (Wildman–Crippen MR) is 95.4 cm³/mol. The molecule has 128 valence electrons. The molecule has 5 nitrogen and oxygen atoms in total. The predicted octanol–water partition coefficient (Wildman–Crippen LogP) is 5.04. The third kappa shape index (κ3) is 4.26. The molecule has 1 N–H and O–H groups in total. The van der Waals surface area contributed by atoms with Crippen molar-refractivity contribution in [1.82, 2.24) is 4.98 Å². The molecule has 6 heteroatoms. The van der Waals surface area contributed by atoms with Crippen molar-refractivity contribution in [2.75, 3.05) is 0 Å². The number of allylic oxidation sites excluding steroid dienone is 1. The topological polar surface area (TPSA) is 72.6 Å². The van der Waals surface area contributed by atoms with Crippen molar-refractivity contribution in [3.63, 3.8) is 0 Å². The molecule has 1 aromatic heterocycles. The average Bonchev–Trinajstić information content (AvgIpc) is 2.78. The van der Waals surface area contributed by atoms with E-state index < -0.39 is 11.6 Å². The Balaban J connectivity index is 2.55. The monoisotopic (exact) mass is 393 g/mol. The molecule has 2 aromatic rings. The van der Waals surface area contributed by atoms with E-state index in [-0.39, 0.29) is 17.1 Å². The minimum Gasteiger partial charge on any atom is -0.512 e. The van der Waals surface area contributed by atoms with Gasteiger partial charge in [-0.05, 0) is 39.8 Å². The molecule has 1 heterocycles. The van der Waals surface area contributed by atoms with Crippen LogP contribution in [0.4, 0.5) is 0 Å². The number of carbonyl (C=O) groups is 1. The standard InChI is InChI=1S/C18H20BrNO4/c1-10(21)14(17(22)24-18(3,4)5)16-15(20-11(2)23-16)12-6-8-13(19)9-7-12/h6-9,21H,1-5H3/b14-10-. The zero-order valence-electron chi connectivity index (χ0n) is 14.3. The molecule has 0 unspecified atom stereocenters. The fraction of sp³-hybridized carbons (Fsp3) is 0.333. The summed E-state index contributed by atoms with van der Waals surface area (Å²) in [4.78, 5) is 16.9. The Bertz CT molecular complexity index is 778. The summed E-state index contributed by atoms with van der Waals surface area (Å²) in [6.45, 7) is 8.39. The molecule has 0 aliphatic heterocycles. The zero-order chi connectivity index (χ0) is 18.1. The second-order valence-corrected chi connectivity index (χ2v) is 7.30. The molecular weight excluding hydrogens is 374 g/mol. The van der Waals surface area contributed by atoms with Gasteiger partial charge in [-0.3, -0.25) is 0 Å². The van der Waals surface area contributed by atoms with Gasteiger partial charge in [0.15, 0.2) is 11.7 Å². The van der Waals surface area contributed by atoms with E-state index >= 15 is 0 Å². The summed E-state index contributed by atoms with van der Waals surface area (Å²) in [7, 11) is 0. The van der Waals surface area contributed by atoms with Crippen LogP contribution in [0.1, 0.15) is 39.3 Å². The number of esters is 1. The van der Waals surface area contributed by atoms with Crippen LogP contribution in [0.5, 0.6) is 0 Å². The zero-order valence-corrected chi connectivity index (χ0v) is 15.9. The fourth-order valence-corrected chi connectivity index (χ4v) is 2.40. The van der Waals surface area contributed by atoms with E-state index in [4.69, 9.17) is 9.15 Å². The van der Waals surface area contributed by atoms with Gasteiger partial charge in [-0.15, -0.1) is 0 Å².